The molecule has 0 rings (SSSR count). The van der Waals surface area contributed by atoms with E-state index in [4.69, 9.17) is 5.84 Å². The van der Waals surface area contributed by atoms with E-state index in [2.05, 4.69) is 6.58 Å². The van der Waals surface area contributed by atoms with Crippen LogP contribution in [0.2, 0.25) is 0 Å². The zero-order valence-electron chi connectivity index (χ0n) is 9.85. The molecule has 0 aliphatic heterocycles. The summed E-state index contributed by atoms with van der Waals surface area (Å²) in [5.74, 6) is 2.89. The van der Waals surface area contributed by atoms with E-state index in [1.807, 2.05) is 20.8 Å². The summed E-state index contributed by atoms with van der Waals surface area (Å²) in [5, 5.41) is 1.46. The van der Waals surface area contributed by atoms with Crippen LogP contribution in [0.25, 0.3) is 0 Å². The van der Waals surface area contributed by atoms with Crippen LogP contribution in [-0.4, -0.2) is 17.5 Å². The minimum atomic E-state index is -2.89. The first kappa shape index (κ1) is 14.1. The highest BCUT2D eigenvalue weighted by Gasteiger charge is 2.25. The summed E-state index contributed by atoms with van der Waals surface area (Å²) in [4.78, 5) is 0. The fourth-order valence-corrected chi connectivity index (χ4v) is 1.07. The Morgan fingerprint density at radius 2 is 2.00 bits per heavy atom. The molecule has 0 unspecified atom stereocenters. The second kappa shape index (κ2) is 5.26. The molecule has 0 aromatic rings. The number of hydrazine groups is 1. The van der Waals surface area contributed by atoms with Crippen LogP contribution >= 0.6 is 0 Å². The second-order valence-corrected chi connectivity index (χ2v) is 3.92. The Kier molecular flexibility index (Phi) is 4.94. The summed E-state index contributed by atoms with van der Waals surface area (Å²) in [7, 11) is 0. The summed E-state index contributed by atoms with van der Waals surface area (Å²) < 4.78 is 25.8. The third-order valence-electron chi connectivity index (χ3n) is 2.15. The van der Waals surface area contributed by atoms with Crippen molar-refractivity contribution >= 4 is 0 Å². The van der Waals surface area contributed by atoms with Gasteiger partial charge in [-0.1, -0.05) is 20.4 Å². The number of allylic oxidation sites excluding steroid dienone is 3. The summed E-state index contributed by atoms with van der Waals surface area (Å²) >= 11 is 0. The molecule has 0 aliphatic rings. The SMILES string of the molecule is C=C(/C=C(/C(C)C)N(N)CC)C(C)(F)F. The highest BCUT2D eigenvalue weighted by Crippen LogP contribution is 2.25. The van der Waals surface area contributed by atoms with E-state index in [0.29, 0.717) is 12.2 Å². The third-order valence-corrected chi connectivity index (χ3v) is 2.15. The van der Waals surface area contributed by atoms with Gasteiger partial charge in [-0.25, -0.2) is 14.6 Å². The second-order valence-electron chi connectivity index (χ2n) is 3.92. The summed E-state index contributed by atoms with van der Waals surface area (Å²) in [6, 6.07) is 0. The summed E-state index contributed by atoms with van der Waals surface area (Å²) in [6.07, 6.45) is 1.37. The molecule has 0 radical (unpaired) electrons. The van der Waals surface area contributed by atoms with Crippen molar-refractivity contribution in [3.05, 3.63) is 23.9 Å². The van der Waals surface area contributed by atoms with Gasteiger partial charge in [-0.2, -0.15) is 0 Å². The van der Waals surface area contributed by atoms with Crippen molar-refractivity contribution in [2.45, 2.75) is 33.6 Å². The number of hydrogen-bond acceptors (Lipinski definition) is 2. The van der Waals surface area contributed by atoms with E-state index in [9.17, 15) is 8.78 Å². The van der Waals surface area contributed by atoms with Gasteiger partial charge >= 0.3 is 0 Å². The largest absolute Gasteiger partial charge is 0.315 e. The molecule has 2 nitrogen and oxygen atoms in total. The van der Waals surface area contributed by atoms with Crippen LogP contribution in [0.5, 0.6) is 0 Å². The predicted octanol–water partition coefficient (Wildman–Crippen LogP) is 2.93. The molecular formula is C11H20F2N2. The van der Waals surface area contributed by atoms with Crippen LogP contribution in [0.1, 0.15) is 27.7 Å². The molecule has 15 heavy (non-hydrogen) atoms. The van der Waals surface area contributed by atoms with E-state index < -0.39 is 5.92 Å². The number of rotatable bonds is 5. The van der Waals surface area contributed by atoms with Crippen molar-refractivity contribution in [1.29, 1.82) is 0 Å². The van der Waals surface area contributed by atoms with Gasteiger partial charge in [-0.15, -0.1) is 0 Å². The minimum absolute atomic E-state index is 0.0917. The maximum absolute atomic E-state index is 12.9. The molecule has 0 saturated heterocycles. The van der Waals surface area contributed by atoms with Gasteiger partial charge in [0.05, 0.1) is 0 Å². The van der Waals surface area contributed by atoms with E-state index in [1.54, 1.807) is 0 Å². The van der Waals surface area contributed by atoms with Crippen LogP contribution in [-0.2, 0) is 0 Å². The standard InChI is InChI=1S/C11H20F2N2/c1-6-15(14)10(8(2)3)7-9(4)11(5,12)13/h7-8H,4,6,14H2,1-3,5H3/b10-7-. The van der Waals surface area contributed by atoms with E-state index in [-0.39, 0.29) is 11.5 Å². The van der Waals surface area contributed by atoms with Crippen LogP contribution in [0, 0.1) is 5.92 Å². The van der Waals surface area contributed by atoms with Gasteiger partial charge < -0.3 is 5.01 Å². The maximum Gasteiger partial charge on any atom is 0.270 e. The minimum Gasteiger partial charge on any atom is -0.315 e. The molecule has 0 saturated carbocycles. The molecule has 2 N–H and O–H groups in total. The molecule has 0 amide bonds. The Hall–Kier alpha value is -0.900. The lowest BCUT2D eigenvalue weighted by molar-refractivity contribution is 0.0675. The molecule has 0 bridgehead atoms. The van der Waals surface area contributed by atoms with Gasteiger partial charge in [0.25, 0.3) is 5.92 Å². The zero-order chi connectivity index (χ0) is 12.2. The molecule has 0 spiro atoms. The number of nitrogens with two attached hydrogens (primary N) is 1. The summed E-state index contributed by atoms with van der Waals surface area (Å²) in [6.45, 7) is 10.4. The van der Waals surface area contributed by atoms with Gasteiger partial charge in [0.15, 0.2) is 0 Å². The first-order valence-electron chi connectivity index (χ1n) is 5.01. The van der Waals surface area contributed by atoms with E-state index in [1.165, 1.54) is 11.1 Å². The van der Waals surface area contributed by atoms with Gasteiger partial charge in [0.2, 0.25) is 0 Å². The highest BCUT2D eigenvalue weighted by atomic mass is 19.3. The molecule has 0 heterocycles. The first-order valence-corrected chi connectivity index (χ1v) is 5.01. The molecule has 0 aromatic carbocycles. The number of nitrogens with zero attached hydrogens (tertiary/aromatic N) is 1. The number of alkyl halides is 2. The van der Waals surface area contributed by atoms with Gasteiger partial charge in [-0.3, -0.25) is 0 Å². The summed E-state index contributed by atoms with van der Waals surface area (Å²) in [5.41, 5.74) is 0.458. The van der Waals surface area contributed by atoms with Gasteiger partial charge in [0.1, 0.15) is 0 Å². The first-order chi connectivity index (χ1) is 6.70. The molecule has 88 valence electrons. The molecule has 4 heteroatoms. The Morgan fingerprint density at radius 1 is 1.53 bits per heavy atom. The average molecular weight is 218 g/mol. The molecule has 0 fully saturated rings. The quantitative estimate of drug-likeness (QED) is 0.437. The lowest BCUT2D eigenvalue weighted by Gasteiger charge is -2.24. The van der Waals surface area contributed by atoms with Crippen molar-refractivity contribution < 1.29 is 8.78 Å². The van der Waals surface area contributed by atoms with Crippen molar-refractivity contribution in [3.63, 3.8) is 0 Å². The van der Waals surface area contributed by atoms with Crippen LogP contribution < -0.4 is 5.84 Å². The lowest BCUT2D eigenvalue weighted by Crippen LogP contribution is -2.32. The maximum atomic E-state index is 12.9. The smallest absolute Gasteiger partial charge is 0.270 e. The normalized spacial score (nSPS) is 13.2. The molecular weight excluding hydrogens is 198 g/mol. The van der Waals surface area contributed by atoms with Crippen molar-refractivity contribution in [2.24, 2.45) is 11.8 Å². The van der Waals surface area contributed by atoms with Crippen LogP contribution in [0.3, 0.4) is 0 Å². The lowest BCUT2D eigenvalue weighted by atomic mass is 10.0. The Balaban J connectivity index is 4.93. The zero-order valence-corrected chi connectivity index (χ0v) is 9.85. The number of halogens is 2. The Morgan fingerprint density at radius 3 is 2.27 bits per heavy atom. The monoisotopic (exact) mass is 218 g/mol. The predicted molar refractivity (Wildman–Crippen MR) is 59.2 cm³/mol. The Labute approximate surface area is 90.4 Å². The fraction of sp³-hybridized carbons (Fsp3) is 0.636. The topological polar surface area (TPSA) is 29.3 Å². The van der Waals surface area contributed by atoms with Gasteiger partial charge in [0, 0.05) is 24.7 Å². The Bertz CT molecular complexity index is 252. The van der Waals surface area contributed by atoms with Crippen molar-refractivity contribution in [2.75, 3.05) is 6.54 Å². The van der Waals surface area contributed by atoms with Gasteiger partial charge in [-0.05, 0) is 18.9 Å². The van der Waals surface area contributed by atoms with E-state index >= 15 is 0 Å². The number of hydrogen-bond donors (Lipinski definition) is 1. The molecule has 0 aromatic heterocycles. The fourth-order valence-electron chi connectivity index (χ4n) is 1.07. The molecule has 0 aliphatic carbocycles. The third kappa shape index (κ3) is 4.42. The average Bonchev–Trinajstić information content (AvgIpc) is 2.10. The van der Waals surface area contributed by atoms with Crippen LogP contribution in [0.4, 0.5) is 8.78 Å². The molecule has 0 atom stereocenters. The van der Waals surface area contributed by atoms with Crippen LogP contribution in [0.15, 0.2) is 23.9 Å². The van der Waals surface area contributed by atoms with E-state index in [0.717, 1.165) is 6.92 Å². The van der Waals surface area contributed by atoms with Crippen molar-refractivity contribution in [1.82, 2.24) is 5.01 Å². The van der Waals surface area contributed by atoms with Crippen molar-refractivity contribution in [3.8, 4) is 0 Å². The highest BCUT2D eigenvalue weighted by molar-refractivity contribution is 5.26.